The van der Waals surface area contributed by atoms with Gasteiger partial charge in [0.2, 0.25) is 0 Å². The molecule has 0 aromatic heterocycles. The smallest absolute Gasteiger partial charge is 0.264 e. The summed E-state index contributed by atoms with van der Waals surface area (Å²) in [6, 6.07) is 18.9. The van der Waals surface area contributed by atoms with Gasteiger partial charge in [-0.3, -0.25) is 9.59 Å². The number of rotatable bonds is 3. The van der Waals surface area contributed by atoms with Crippen molar-refractivity contribution in [2.75, 3.05) is 43.0 Å². The molecule has 0 atom stereocenters. The second kappa shape index (κ2) is 10.2. The van der Waals surface area contributed by atoms with Crippen LogP contribution in [0.25, 0.3) is 6.08 Å². The molecule has 5 rings (SSSR count). The van der Waals surface area contributed by atoms with E-state index in [4.69, 9.17) is 23.2 Å². The molecule has 1 fully saturated rings. The highest BCUT2D eigenvalue weighted by Crippen LogP contribution is 2.42. The number of aryl methyl sites for hydroxylation is 1. The lowest BCUT2D eigenvalue weighted by atomic mass is 10.1. The monoisotopic (exact) mass is 537 g/mol. The van der Waals surface area contributed by atoms with Gasteiger partial charge in [-0.25, -0.2) is 0 Å². The lowest BCUT2D eigenvalue weighted by molar-refractivity contribution is -0.114. The van der Waals surface area contributed by atoms with Crippen LogP contribution in [0.15, 0.2) is 70.5 Å². The average Bonchev–Trinajstić information content (AvgIpc) is 2.89. The Labute approximate surface area is 225 Å². The van der Waals surface area contributed by atoms with Crippen molar-refractivity contribution in [3.05, 3.63) is 92.3 Å². The summed E-state index contributed by atoms with van der Waals surface area (Å²) in [4.78, 5) is 33.7. The number of thioether (sulfide) groups is 1. The van der Waals surface area contributed by atoms with Crippen molar-refractivity contribution in [1.29, 1.82) is 0 Å². The SMILES string of the molecule is Cc1ccc(Cl)cc1N1CCN(C(=O)c2ccc3c(c2)N(C)C(=O)/C(=C/c2ccccc2Cl)S3)CC1. The third kappa shape index (κ3) is 4.85. The van der Waals surface area contributed by atoms with Crippen molar-refractivity contribution in [3.8, 4) is 0 Å². The highest BCUT2D eigenvalue weighted by Gasteiger charge is 2.29. The molecule has 0 spiro atoms. The van der Waals surface area contributed by atoms with Crippen molar-refractivity contribution in [1.82, 2.24) is 4.90 Å². The number of fused-ring (bicyclic) bond motifs is 1. The van der Waals surface area contributed by atoms with Crippen molar-refractivity contribution in [2.24, 2.45) is 0 Å². The van der Waals surface area contributed by atoms with Gasteiger partial charge in [0.05, 0.1) is 10.6 Å². The average molecular weight is 539 g/mol. The molecular formula is C28H25Cl2N3O2S. The van der Waals surface area contributed by atoms with Crippen LogP contribution in [0.1, 0.15) is 21.5 Å². The molecule has 3 aromatic rings. The number of anilines is 2. The van der Waals surface area contributed by atoms with Crippen LogP contribution >= 0.6 is 35.0 Å². The van der Waals surface area contributed by atoms with Gasteiger partial charge in [-0.2, -0.15) is 0 Å². The Kier molecular flexibility index (Phi) is 7.02. The van der Waals surface area contributed by atoms with Crippen molar-refractivity contribution in [2.45, 2.75) is 11.8 Å². The normalized spacial score (nSPS) is 16.9. The van der Waals surface area contributed by atoms with Crippen LogP contribution in [0.2, 0.25) is 10.0 Å². The number of hydrogen-bond acceptors (Lipinski definition) is 4. The van der Waals surface area contributed by atoms with Gasteiger partial charge in [-0.05, 0) is 60.5 Å². The number of halogens is 2. The van der Waals surface area contributed by atoms with Gasteiger partial charge in [0.1, 0.15) is 0 Å². The van der Waals surface area contributed by atoms with E-state index in [1.54, 1.807) is 18.0 Å². The van der Waals surface area contributed by atoms with Gasteiger partial charge in [-0.1, -0.05) is 59.2 Å². The van der Waals surface area contributed by atoms with Crippen molar-refractivity contribution in [3.63, 3.8) is 0 Å². The summed E-state index contributed by atoms with van der Waals surface area (Å²) in [6.45, 7) is 4.79. The fourth-order valence-corrected chi connectivity index (χ4v) is 5.96. The van der Waals surface area contributed by atoms with E-state index in [2.05, 4.69) is 11.8 Å². The van der Waals surface area contributed by atoms with Crippen molar-refractivity contribution >= 4 is 64.2 Å². The summed E-state index contributed by atoms with van der Waals surface area (Å²) < 4.78 is 0. The molecule has 2 heterocycles. The van der Waals surface area contributed by atoms with Crippen LogP contribution in [0.4, 0.5) is 11.4 Å². The quantitative estimate of drug-likeness (QED) is 0.364. The van der Waals surface area contributed by atoms with E-state index in [9.17, 15) is 9.59 Å². The summed E-state index contributed by atoms with van der Waals surface area (Å²) in [7, 11) is 1.74. The molecule has 2 aliphatic rings. The minimum atomic E-state index is -0.123. The van der Waals surface area contributed by atoms with Crippen molar-refractivity contribution < 1.29 is 9.59 Å². The Balaban J connectivity index is 1.32. The summed E-state index contributed by atoms with van der Waals surface area (Å²) in [6.07, 6.45) is 1.81. The third-order valence-electron chi connectivity index (χ3n) is 6.57. The summed E-state index contributed by atoms with van der Waals surface area (Å²) in [5.74, 6) is -0.147. The Morgan fingerprint density at radius 3 is 2.44 bits per heavy atom. The predicted octanol–water partition coefficient (Wildman–Crippen LogP) is 6.37. The molecule has 5 nitrogen and oxygen atoms in total. The number of amides is 2. The summed E-state index contributed by atoms with van der Waals surface area (Å²) in [5, 5.41) is 1.31. The van der Waals surface area contributed by atoms with E-state index in [1.165, 1.54) is 17.3 Å². The standard InChI is InChI=1S/C28H25Cl2N3O2S/c1-18-7-9-21(29)17-23(18)32-11-13-33(14-12-32)27(34)20-8-10-25-24(15-20)31(2)28(35)26(36-25)16-19-5-3-4-6-22(19)30/h3-10,15-17H,11-14H2,1-2H3/b26-16-. The minimum absolute atomic E-state index is 0.0245. The van der Waals surface area contributed by atoms with Gasteiger partial charge in [0.25, 0.3) is 11.8 Å². The molecule has 1 saturated heterocycles. The van der Waals surface area contributed by atoms with Crippen LogP contribution in [-0.4, -0.2) is 49.9 Å². The van der Waals surface area contributed by atoms with Crippen LogP contribution < -0.4 is 9.80 Å². The Bertz CT molecular complexity index is 1380. The molecule has 2 amide bonds. The van der Waals surface area contributed by atoms with Crippen LogP contribution in [-0.2, 0) is 4.79 Å². The largest absolute Gasteiger partial charge is 0.368 e. The summed E-state index contributed by atoms with van der Waals surface area (Å²) >= 11 is 13.9. The zero-order valence-corrected chi connectivity index (χ0v) is 22.3. The number of likely N-dealkylation sites (N-methyl/N-ethyl adjacent to an activating group) is 1. The molecule has 0 saturated carbocycles. The second-order valence-electron chi connectivity index (χ2n) is 8.89. The topological polar surface area (TPSA) is 43.9 Å². The Morgan fingerprint density at radius 2 is 1.69 bits per heavy atom. The Morgan fingerprint density at radius 1 is 0.944 bits per heavy atom. The van der Waals surface area contributed by atoms with E-state index in [1.807, 2.05) is 65.6 Å². The molecule has 0 radical (unpaired) electrons. The predicted molar refractivity (Wildman–Crippen MR) is 149 cm³/mol. The molecule has 3 aromatic carbocycles. The number of benzene rings is 3. The first-order valence-corrected chi connectivity index (χ1v) is 13.3. The molecule has 8 heteroatoms. The van der Waals surface area contributed by atoms with E-state index < -0.39 is 0 Å². The molecule has 0 aliphatic carbocycles. The van der Waals surface area contributed by atoms with Gasteiger partial charge in [0.15, 0.2) is 0 Å². The number of carbonyl (C=O) groups excluding carboxylic acids is 2. The molecule has 0 bridgehead atoms. The lowest BCUT2D eigenvalue weighted by Crippen LogP contribution is -2.49. The highest BCUT2D eigenvalue weighted by molar-refractivity contribution is 8.04. The summed E-state index contributed by atoms with van der Waals surface area (Å²) in [5.41, 5.74) is 4.40. The first-order chi connectivity index (χ1) is 17.3. The van der Waals surface area contributed by atoms with Gasteiger partial charge in [-0.15, -0.1) is 0 Å². The molecule has 2 aliphatic heterocycles. The zero-order chi connectivity index (χ0) is 25.4. The molecule has 0 unspecified atom stereocenters. The van der Waals surface area contributed by atoms with E-state index in [0.717, 1.165) is 34.9 Å². The van der Waals surface area contributed by atoms with E-state index in [-0.39, 0.29) is 11.8 Å². The number of nitrogens with zero attached hydrogens (tertiary/aromatic N) is 3. The fraction of sp³-hybridized carbons (Fsp3) is 0.214. The fourth-order valence-electron chi connectivity index (χ4n) is 4.52. The lowest BCUT2D eigenvalue weighted by Gasteiger charge is -2.37. The van der Waals surface area contributed by atoms with Crippen LogP contribution in [0.5, 0.6) is 0 Å². The van der Waals surface area contributed by atoms with Crippen LogP contribution in [0.3, 0.4) is 0 Å². The number of piperazine rings is 1. The van der Waals surface area contributed by atoms with Gasteiger partial charge in [0, 0.05) is 59.4 Å². The first-order valence-electron chi connectivity index (χ1n) is 11.7. The maximum atomic E-state index is 13.3. The van der Waals surface area contributed by atoms with Gasteiger partial charge >= 0.3 is 0 Å². The number of hydrogen-bond donors (Lipinski definition) is 0. The van der Waals surface area contributed by atoms with E-state index in [0.29, 0.717) is 33.6 Å². The van der Waals surface area contributed by atoms with E-state index >= 15 is 0 Å². The third-order valence-corrected chi connectivity index (χ3v) is 8.23. The number of carbonyl (C=O) groups is 2. The molecule has 0 N–H and O–H groups in total. The molecule has 36 heavy (non-hydrogen) atoms. The first kappa shape index (κ1) is 24.8. The molecule has 184 valence electrons. The van der Waals surface area contributed by atoms with Crippen LogP contribution in [0, 0.1) is 6.92 Å². The maximum Gasteiger partial charge on any atom is 0.264 e. The van der Waals surface area contributed by atoms with Gasteiger partial charge < -0.3 is 14.7 Å². The Hall–Kier alpha value is -2.93. The second-order valence-corrected chi connectivity index (χ2v) is 10.8. The maximum absolute atomic E-state index is 13.3. The highest BCUT2D eigenvalue weighted by atomic mass is 35.5. The molecular weight excluding hydrogens is 513 g/mol. The zero-order valence-electron chi connectivity index (χ0n) is 20.0. The minimum Gasteiger partial charge on any atom is -0.368 e.